The summed E-state index contributed by atoms with van der Waals surface area (Å²) in [6, 6.07) is 3.54. The van der Waals surface area contributed by atoms with Gasteiger partial charge in [0.2, 0.25) is 11.7 Å². The van der Waals surface area contributed by atoms with Crippen molar-refractivity contribution in [2.75, 3.05) is 41.0 Å². The number of ether oxygens (including phenoxy) is 3. The highest BCUT2D eigenvalue weighted by molar-refractivity contribution is 5.92. The van der Waals surface area contributed by atoms with Gasteiger partial charge in [-0.25, -0.2) is 0 Å². The molecule has 0 N–H and O–H groups in total. The van der Waals surface area contributed by atoms with E-state index in [1.165, 1.54) is 13.0 Å². The predicted octanol–water partition coefficient (Wildman–Crippen LogP) is 2.13. The predicted molar refractivity (Wildman–Crippen MR) is 104 cm³/mol. The maximum absolute atomic E-state index is 12.6. The van der Waals surface area contributed by atoms with Crippen LogP contribution in [0.15, 0.2) is 18.2 Å². The van der Waals surface area contributed by atoms with Gasteiger partial charge in [0.1, 0.15) is 0 Å². The molecule has 8 heteroatoms. The zero-order valence-corrected chi connectivity index (χ0v) is 17.1. The molecule has 1 heterocycles. The second kappa shape index (κ2) is 9.98. The van der Waals surface area contributed by atoms with Crippen LogP contribution >= 0.6 is 0 Å². The van der Waals surface area contributed by atoms with Crippen LogP contribution < -0.4 is 14.2 Å². The number of piperazine rings is 1. The minimum absolute atomic E-state index is 0.0174. The number of amides is 1. The molecule has 1 aromatic carbocycles. The van der Waals surface area contributed by atoms with E-state index in [1.807, 2.05) is 6.92 Å². The maximum Gasteiger partial charge on any atom is 0.322 e. The van der Waals surface area contributed by atoms with Crippen LogP contribution in [-0.2, 0) is 14.4 Å². The second-order valence-electron chi connectivity index (χ2n) is 6.36. The molecule has 2 rings (SSSR count). The molecule has 154 valence electrons. The fourth-order valence-electron chi connectivity index (χ4n) is 3.13. The fraction of sp³-hybridized carbons (Fsp3) is 0.500. The molecule has 1 fully saturated rings. The molecule has 0 aromatic heterocycles. The summed E-state index contributed by atoms with van der Waals surface area (Å²) in [7, 11) is 4.63. The van der Waals surface area contributed by atoms with Crippen LogP contribution in [0.4, 0.5) is 0 Å². The molecule has 1 aliphatic heterocycles. The quantitative estimate of drug-likeness (QED) is 0.658. The number of nitrogens with zero attached hydrogens (tertiary/aromatic N) is 2. The number of hydrogen-bond donors (Lipinski definition) is 0. The van der Waals surface area contributed by atoms with Crippen molar-refractivity contribution in [2.45, 2.75) is 26.3 Å². The Hall–Kier alpha value is -2.74. The van der Waals surface area contributed by atoms with Crippen LogP contribution in [0.2, 0.25) is 0 Å². The van der Waals surface area contributed by atoms with Gasteiger partial charge >= 0.3 is 5.97 Å². The summed E-state index contributed by atoms with van der Waals surface area (Å²) in [5, 5.41) is 1.66. The van der Waals surface area contributed by atoms with E-state index in [0.29, 0.717) is 36.9 Å². The van der Waals surface area contributed by atoms with E-state index < -0.39 is 0 Å². The second-order valence-corrected chi connectivity index (χ2v) is 6.36. The van der Waals surface area contributed by atoms with Crippen LogP contribution in [0.3, 0.4) is 0 Å². The Labute approximate surface area is 165 Å². The van der Waals surface area contributed by atoms with Gasteiger partial charge in [0, 0.05) is 26.1 Å². The molecule has 0 saturated carbocycles. The van der Waals surface area contributed by atoms with Crippen molar-refractivity contribution in [3.63, 3.8) is 0 Å². The summed E-state index contributed by atoms with van der Waals surface area (Å²) < 4.78 is 16.0. The minimum atomic E-state index is -0.347. The van der Waals surface area contributed by atoms with Crippen molar-refractivity contribution < 1.29 is 28.6 Å². The Bertz CT molecular complexity index is 708. The van der Waals surface area contributed by atoms with Crippen molar-refractivity contribution >= 4 is 18.0 Å². The van der Waals surface area contributed by atoms with Gasteiger partial charge in [-0.3, -0.25) is 9.59 Å². The molecule has 8 nitrogen and oxygen atoms in total. The van der Waals surface area contributed by atoms with Gasteiger partial charge in [-0.2, -0.15) is 0 Å². The van der Waals surface area contributed by atoms with Gasteiger partial charge < -0.3 is 23.9 Å². The van der Waals surface area contributed by atoms with Crippen molar-refractivity contribution in [3.05, 3.63) is 23.8 Å². The van der Waals surface area contributed by atoms with Gasteiger partial charge in [0.15, 0.2) is 11.5 Å². The van der Waals surface area contributed by atoms with E-state index >= 15 is 0 Å². The van der Waals surface area contributed by atoms with Gasteiger partial charge in [0.05, 0.1) is 33.9 Å². The molecule has 0 spiro atoms. The number of carbonyl (C=O) groups excluding carboxylic acids is 2. The zero-order chi connectivity index (χ0) is 20.7. The lowest BCUT2D eigenvalue weighted by Crippen LogP contribution is -2.54. The third-order valence-electron chi connectivity index (χ3n) is 4.56. The van der Waals surface area contributed by atoms with Crippen molar-refractivity contribution in [3.8, 4) is 17.2 Å². The molecule has 0 bridgehead atoms. The van der Waals surface area contributed by atoms with Crippen LogP contribution in [0.5, 0.6) is 17.2 Å². The number of benzene rings is 1. The molecule has 1 aliphatic rings. The minimum Gasteiger partial charge on any atom is -0.493 e. The van der Waals surface area contributed by atoms with E-state index in [4.69, 9.17) is 19.0 Å². The maximum atomic E-state index is 12.6. The average Bonchev–Trinajstić information content (AvgIpc) is 2.70. The molecule has 1 atom stereocenters. The molecular formula is C20H28N2O6. The SMILES string of the molecule is CCC1CN(C(=O)C=Cc2cc(OC)c(OC)c(OC)c2)CCN1OC(C)=O. The molecular weight excluding hydrogens is 364 g/mol. The van der Waals surface area contributed by atoms with E-state index in [-0.39, 0.29) is 17.9 Å². The summed E-state index contributed by atoms with van der Waals surface area (Å²) in [4.78, 5) is 30.8. The summed E-state index contributed by atoms with van der Waals surface area (Å²) in [5.74, 6) is 1.10. The van der Waals surface area contributed by atoms with E-state index in [9.17, 15) is 9.59 Å². The number of hydroxylamine groups is 2. The van der Waals surface area contributed by atoms with Gasteiger partial charge in [-0.05, 0) is 30.2 Å². The van der Waals surface area contributed by atoms with Crippen LogP contribution in [-0.4, -0.2) is 68.8 Å². The molecule has 0 aliphatic carbocycles. The third-order valence-corrected chi connectivity index (χ3v) is 4.56. The topological polar surface area (TPSA) is 77.5 Å². The van der Waals surface area contributed by atoms with Crippen LogP contribution in [0.25, 0.3) is 6.08 Å². The first-order chi connectivity index (χ1) is 13.4. The number of rotatable bonds is 7. The van der Waals surface area contributed by atoms with Crippen molar-refractivity contribution in [1.82, 2.24) is 9.96 Å². The Morgan fingerprint density at radius 3 is 2.25 bits per heavy atom. The third kappa shape index (κ3) is 5.16. The van der Waals surface area contributed by atoms with Crippen LogP contribution in [0.1, 0.15) is 25.8 Å². The summed E-state index contributed by atoms with van der Waals surface area (Å²) in [6.45, 7) is 4.86. The highest BCUT2D eigenvalue weighted by Gasteiger charge is 2.29. The lowest BCUT2D eigenvalue weighted by molar-refractivity contribution is -0.210. The van der Waals surface area contributed by atoms with Crippen molar-refractivity contribution in [1.29, 1.82) is 0 Å². The molecule has 28 heavy (non-hydrogen) atoms. The van der Waals surface area contributed by atoms with Crippen LogP contribution in [0, 0.1) is 0 Å². The van der Waals surface area contributed by atoms with Crippen molar-refractivity contribution in [2.24, 2.45) is 0 Å². The highest BCUT2D eigenvalue weighted by Crippen LogP contribution is 2.38. The molecule has 1 aromatic rings. The van der Waals surface area contributed by atoms with E-state index in [1.54, 1.807) is 49.5 Å². The fourth-order valence-corrected chi connectivity index (χ4v) is 3.13. The first-order valence-electron chi connectivity index (χ1n) is 9.15. The number of methoxy groups -OCH3 is 3. The Morgan fingerprint density at radius 2 is 1.75 bits per heavy atom. The Kier molecular flexibility index (Phi) is 7.69. The monoisotopic (exact) mass is 392 g/mol. The zero-order valence-electron chi connectivity index (χ0n) is 17.1. The average molecular weight is 392 g/mol. The number of carbonyl (C=O) groups is 2. The van der Waals surface area contributed by atoms with Gasteiger partial charge in [0.25, 0.3) is 0 Å². The largest absolute Gasteiger partial charge is 0.493 e. The smallest absolute Gasteiger partial charge is 0.322 e. The normalized spacial score (nSPS) is 17.5. The summed E-state index contributed by atoms with van der Waals surface area (Å²) in [5.41, 5.74) is 0.758. The lowest BCUT2D eigenvalue weighted by atomic mass is 10.1. The standard InChI is InChI=1S/C20H28N2O6/c1-6-16-13-21(9-10-22(16)28-14(2)23)19(24)8-7-15-11-17(25-3)20(27-5)18(12-15)26-4/h7-8,11-12,16H,6,9-10,13H2,1-5H3. The van der Waals surface area contributed by atoms with Gasteiger partial charge in [-0.1, -0.05) is 6.92 Å². The first-order valence-corrected chi connectivity index (χ1v) is 9.15. The summed E-state index contributed by atoms with van der Waals surface area (Å²) in [6.07, 6.45) is 4.01. The lowest BCUT2D eigenvalue weighted by Gasteiger charge is -2.38. The van der Waals surface area contributed by atoms with Gasteiger partial charge in [-0.15, -0.1) is 5.06 Å². The molecule has 1 amide bonds. The molecule has 1 unspecified atom stereocenters. The Morgan fingerprint density at radius 1 is 1.11 bits per heavy atom. The summed E-state index contributed by atoms with van der Waals surface area (Å²) >= 11 is 0. The van der Waals surface area contributed by atoms with E-state index in [2.05, 4.69) is 0 Å². The van der Waals surface area contributed by atoms with E-state index in [0.717, 1.165) is 12.0 Å². The molecule has 1 saturated heterocycles. The first kappa shape index (κ1) is 21.6. The number of hydrogen-bond acceptors (Lipinski definition) is 7. The molecule has 0 radical (unpaired) electrons. The highest BCUT2D eigenvalue weighted by atomic mass is 16.7. The Balaban J connectivity index is 2.10.